The Morgan fingerprint density at radius 3 is 2.82 bits per heavy atom. The summed E-state index contributed by atoms with van der Waals surface area (Å²) >= 11 is 0. The molecule has 17 heavy (non-hydrogen) atoms. The van der Waals surface area contributed by atoms with Crippen LogP contribution in [0.15, 0.2) is 4.52 Å². The second-order valence-corrected chi connectivity index (χ2v) is 4.95. The molecule has 1 aliphatic carbocycles. The van der Waals surface area contributed by atoms with Gasteiger partial charge < -0.3 is 9.42 Å². The molecule has 1 aliphatic heterocycles. The van der Waals surface area contributed by atoms with Crippen molar-refractivity contribution in [3.05, 3.63) is 11.7 Å². The maximum Gasteiger partial charge on any atom is 0.229 e. The number of carbonyl (C=O) groups is 1. The van der Waals surface area contributed by atoms with Crippen LogP contribution in [0.3, 0.4) is 0 Å². The van der Waals surface area contributed by atoms with Crippen LogP contribution in [0, 0.1) is 0 Å². The Morgan fingerprint density at radius 2 is 2.12 bits per heavy atom. The highest BCUT2D eigenvalue weighted by Crippen LogP contribution is 2.32. The van der Waals surface area contributed by atoms with E-state index in [1.807, 2.05) is 4.90 Å². The highest BCUT2D eigenvalue weighted by Gasteiger charge is 2.25. The minimum atomic E-state index is 0.206. The first-order valence-electron chi connectivity index (χ1n) is 6.43. The van der Waals surface area contributed by atoms with Crippen LogP contribution in [-0.4, -0.2) is 27.5 Å². The number of carbonyl (C=O) groups excluding carboxylic acids is 1. The van der Waals surface area contributed by atoms with Crippen LogP contribution in [0.25, 0.3) is 0 Å². The number of hydrogen-bond acceptors (Lipinski definition) is 4. The van der Waals surface area contributed by atoms with Gasteiger partial charge in [-0.3, -0.25) is 4.79 Å². The first-order chi connectivity index (χ1) is 8.33. The van der Waals surface area contributed by atoms with Crippen LogP contribution in [0.1, 0.15) is 56.2 Å². The van der Waals surface area contributed by atoms with Crippen molar-refractivity contribution in [1.82, 2.24) is 15.0 Å². The van der Waals surface area contributed by atoms with Gasteiger partial charge in [0.25, 0.3) is 0 Å². The van der Waals surface area contributed by atoms with Gasteiger partial charge in [-0.05, 0) is 19.3 Å². The van der Waals surface area contributed by atoms with E-state index in [2.05, 4.69) is 10.1 Å². The van der Waals surface area contributed by atoms with Crippen molar-refractivity contribution in [2.45, 2.75) is 51.0 Å². The fourth-order valence-corrected chi connectivity index (χ4v) is 2.71. The Bertz CT molecular complexity index is 410. The number of rotatable bonds is 3. The van der Waals surface area contributed by atoms with E-state index >= 15 is 0 Å². The number of nitrogens with zero attached hydrogens (tertiary/aromatic N) is 3. The van der Waals surface area contributed by atoms with E-state index in [1.165, 1.54) is 12.8 Å². The Labute approximate surface area is 100 Å². The molecule has 5 heteroatoms. The number of aromatic nitrogens is 2. The smallest absolute Gasteiger partial charge is 0.229 e. The lowest BCUT2D eigenvalue weighted by Gasteiger charge is -2.11. The van der Waals surface area contributed by atoms with Crippen molar-refractivity contribution in [1.29, 1.82) is 0 Å². The Hall–Kier alpha value is -1.39. The molecule has 0 N–H and O–H groups in total. The van der Waals surface area contributed by atoms with Gasteiger partial charge in [-0.2, -0.15) is 4.98 Å². The number of likely N-dealkylation sites (tertiary alicyclic amines) is 1. The van der Waals surface area contributed by atoms with Gasteiger partial charge in [0.15, 0.2) is 5.82 Å². The van der Waals surface area contributed by atoms with Gasteiger partial charge in [-0.15, -0.1) is 0 Å². The first-order valence-corrected chi connectivity index (χ1v) is 6.43. The van der Waals surface area contributed by atoms with Gasteiger partial charge in [-0.25, -0.2) is 0 Å². The lowest BCUT2D eigenvalue weighted by Crippen LogP contribution is -2.24. The predicted octanol–water partition coefficient (Wildman–Crippen LogP) is 1.85. The second kappa shape index (κ2) is 4.47. The summed E-state index contributed by atoms with van der Waals surface area (Å²) in [6.07, 6.45) is 6.44. The maximum absolute atomic E-state index is 11.5. The number of amides is 1. The van der Waals surface area contributed by atoms with Crippen molar-refractivity contribution < 1.29 is 9.32 Å². The third kappa shape index (κ3) is 2.18. The van der Waals surface area contributed by atoms with Gasteiger partial charge in [0.1, 0.15) is 0 Å². The highest BCUT2D eigenvalue weighted by molar-refractivity contribution is 5.77. The molecule has 1 saturated carbocycles. The lowest BCUT2D eigenvalue weighted by atomic mass is 10.1. The average Bonchev–Trinajstić information content (AvgIpc) is 3.02. The maximum atomic E-state index is 11.5. The number of hydrogen-bond donors (Lipinski definition) is 0. The normalized spacial score (nSPS) is 21.6. The van der Waals surface area contributed by atoms with Crippen LogP contribution in [0.2, 0.25) is 0 Å². The average molecular weight is 235 g/mol. The predicted molar refractivity (Wildman–Crippen MR) is 60.2 cm³/mol. The molecule has 1 amide bonds. The second-order valence-electron chi connectivity index (χ2n) is 4.95. The van der Waals surface area contributed by atoms with Gasteiger partial charge in [-0.1, -0.05) is 18.0 Å². The van der Waals surface area contributed by atoms with E-state index in [-0.39, 0.29) is 5.91 Å². The van der Waals surface area contributed by atoms with E-state index in [1.54, 1.807) is 0 Å². The molecule has 0 bridgehead atoms. The summed E-state index contributed by atoms with van der Waals surface area (Å²) in [5.41, 5.74) is 0. The Balaban J connectivity index is 1.65. The van der Waals surface area contributed by atoms with Crippen LogP contribution in [-0.2, 0) is 11.3 Å². The standard InChI is InChI=1S/C12H17N3O2/c16-11-6-3-7-15(11)8-10-13-12(17-14-10)9-4-1-2-5-9/h9H,1-8H2. The van der Waals surface area contributed by atoms with Crippen molar-refractivity contribution in [2.24, 2.45) is 0 Å². The fourth-order valence-electron chi connectivity index (χ4n) is 2.71. The lowest BCUT2D eigenvalue weighted by molar-refractivity contribution is -0.128. The minimum Gasteiger partial charge on any atom is -0.339 e. The monoisotopic (exact) mass is 235 g/mol. The van der Waals surface area contributed by atoms with E-state index < -0.39 is 0 Å². The molecule has 1 saturated heterocycles. The van der Waals surface area contributed by atoms with Gasteiger partial charge in [0.05, 0.1) is 6.54 Å². The van der Waals surface area contributed by atoms with E-state index in [0.29, 0.717) is 24.7 Å². The summed E-state index contributed by atoms with van der Waals surface area (Å²) in [7, 11) is 0. The molecule has 0 aromatic carbocycles. The van der Waals surface area contributed by atoms with Crippen molar-refractivity contribution in [2.75, 3.05) is 6.54 Å². The zero-order valence-corrected chi connectivity index (χ0v) is 9.89. The first kappa shape index (κ1) is 10.7. The molecule has 1 aromatic heterocycles. The Morgan fingerprint density at radius 1 is 1.29 bits per heavy atom. The summed E-state index contributed by atoms with van der Waals surface area (Å²) < 4.78 is 5.30. The quantitative estimate of drug-likeness (QED) is 0.802. The molecule has 0 radical (unpaired) electrons. The van der Waals surface area contributed by atoms with E-state index in [4.69, 9.17) is 4.52 Å². The van der Waals surface area contributed by atoms with Crippen LogP contribution >= 0.6 is 0 Å². The molecular weight excluding hydrogens is 218 g/mol. The van der Waals surface area contributed by atoms with Crippen molar-refractivity contribution >= 4 is 5.91 Å². The third-order valence-corrected chi connectivity index (χ3v) is 3.69. The third-order valence-electron chi connectivity index (χ3n) is 3.69. The summed E-state index contributed by atoms with van der Waals surface area (Å²) in [5.74, 6) is 2.08. The van der Waals surface area contributed by atoms with E-state index in [9.17, 15) is 4.79 Å². The molecule has 2 fully saturated rings. The van der Waals surface area contributed by atoms with E-state index in [0.717, 1.165) is 31.7 Å². The van der Waals surface area contributed by atoms with Gasteiger partial charge >= 0.3 is 0 Å². The fraction of sp³-hybridized carbons (Fsp3) is 0.750. The zero-order chi connectivity index (χ0) is 11.7. The largest absolute Gasteiger partial charge is 0.339 e. The SMILES string of the molecule is O=C1CCCN1Cc1noc(C2CCCC2)n1. The molecule has 5 nitrogen and oxygen atoms in total. The molecular formula is C12H17N3O2. The molecule has 92 valence electrons. The van der Waals surface area contributed by atoms with Crippen LogP contribution in [0.5, 0.6) is 0 Å². The van der Waals surface area contributed by atoms with Gasteiger partial charge in [0, 0.05) is 18.9 Å². The molecule has 0 unspecified atom stereocenters. The summed E-state index contributed by atoms with van der Waals surface area (Å²) in [4.78, 5) is 17.7. The van der Waals surface area contributed by atoms with Crippen molar-refractivity contribution in [3.8, 4) is 0 Å². The summed E-state index contributed by atoms with van der Waals surface area (Å²) in [6, 6.07) is 0. The topological polar surface area (TPSA) is 59.2 Å². The molecule has 1 aromatic rings. The van der Waals surface area contributed by atoms with Crippen molar-refractivity contribution in [3.63, 3.8) is 0 Å². The highest BCUT2D eigenvalue weighted by atomic mass is 16.5. The molecule has 2 heterocycles. The van der Waals surface area contributed by atoms with Crippen LogP contribution in [0.4, 0.5) is 0 Å². The van der Waals surface area contributed by atoms with Crippen LogP contribution < -0.4 is 0 Å². The van der Waals surface area contributed by atoms with Gasteiger partial charge in [0.2, 0.25) is 11.8 Å². The molecule has 3 rings (SSSR count). The summed E-state index contributed by atoms with van der Waals surface area (Å²) in [6.45, 7) is 1.33. The zero-order valence-electron chi connectivity index (χ0n) is 9.89. The Kier molecular flexibility index (Phi) is 2.82. The minimum absolute atomic E-state index is 0.206. The molecule has 0 atom stereocenters. The molecule has 0 spiro atoms. The molecule has 2 aliphatic rings. The summed E-state index contributed by atoms with van der Waals surface area (Å²) in [5, 5.41) is 3.98.